The van der Waals surface area contributed by atoms with Gasteiger partial charge in [-0.3, -0.25) is 0 Å². The number of nitrogens with zero attached hydrogens (tertiary/aromatic N) is 6. The van der Waals surface area contributed by atoms with Gasteiger partial charge < -0.3 is 18.0 Å². The van der Waals surface area contributed by atoms with Gasteiger partial charge in [0.1, 0.15) is 22.3 Å². The number of rotatable bonds is 6. The molecule has 0 fully saturated rings. The van der Waals surface area contributed by atoms with E-state index < -0.39 is 11.7 Å². The van der Waals surface area contributed by atoms with Crippen LogP contribution in [0.25, 0.3) is 144 Å². The summed E-state index contributed by atoms with van der Waals surface area (Å²) in [4.78, 5) is 15.3. The Balaban J connectivity index is 0.973. The molecule has 0 unspecified atom stereocenters. The van der Waals surface area contributed by atoms with Gasteiger partial charge in [0, 0.05) is 54.6 Å². The van der Waals surface area contributed by atoms with Crippen LogP contribution in [0.1, 0.15) is 11.1 Å². The summed E-state index contributed by atoms with van der Waals surface area (Å²) in [5, 5.41) is 17.0. The molecule has 0 atom stereocenters. The van der Waals surface area contributed by atoms with Gasteiger partial charge in [-0.15, -0.1) is 0 Å². The highest BCUT2D eigenvalue weighted by molar-refractivity contribution is 6.25. The lowest BCUT2D eigenvalue weighted by Gasteiger charge is -2.18. The number of halogens is 3. The Labute approximate surface area is 429 Å². The molecule has 0 aliphatic carbocycles. The van der Waals surface area contributed by atoms with Crippen LogP contribution >= 0.6 is 0 Å². The topological polar surface area (TPSA) is 98.6 Å². The first-order chi connectivity index (χ1) is 37.3. The molecule has 8 nitrogen and oxygen atoms in total. The van der Waals surface area contributed by atoms with E-state index in [9.17, 15) is 5.26 Å². The molecular weight excluding hydrogens is 954 g/mol. The van der Waals surface area contributed by atoms with E-state index in [-0.39, 0.29) is 11.5 Å². The highest BCUT2D eigenvalue weighted by atomic mass is 19.4. The number of aromatic nitrogens is 5. The number of fused-ring (bicyclic) bond motifs is 14. The van der Waals surface area contributed by atoms with Crippen LogP contribution in [-0.2, 0) is 6.18 Å². The maximum absolute atomic E-state index is 15.5. The summed E-state index contributed by atoms with van der Waals surface area (Å²) in [6.45, 7) is 0. The van der Waals surface area contributed by atoms with Gasteiger partial charge in [0.15, 0.2) is 17.5 Å². The summed E-state index contributed by atoms with van der Waals surface area (Å²) >= 11 is 0. The van der Waals surface area contributed by atoms with Crippen molar-refractivity contribution in [3.63, 3.8) is 0 Å². The van der Waals surface area contributed by atoms with Crippen LogP contribution in [0.4, 0.5) is 13.2 Å². The minimum absolute atomic E-state index is 0.0890. The molecule has 11 heteroatoms. The Morgan fingerprint density at radius 3 is 1.41 bits per heavy atom. The van der Waals surface area contributed by atoms with Gasteiger partial charge in [-0.1, -0.05) is 133 Å². The van der Waals surface area contributed by atoms with Gasteiger partial charge in [-0.25, -0.2) is 15.0 Å². The predicted octanol–water partition coefficient (Wildman–Crippen LogP) is 17.4. The Morgan fingerprint density at radius 1 is 0.395 bits per heavy atom. The minimum Gasteiger partial charge on any atom is -0.455 e. The fraction of sp³-hybridized carbons (Fsp3) is 0.0154. The fourth-order valence-electron chi connectivity index (χ4n) is 11.3. The zero-order chi connectivity index (χ0) is 50.8. The van der Waals surface area contributed by atoms with E-state index in [1.807, 2.05) is 152 Å². The van der Waals surface area contributed by atoms with Crippen LogP contribution < -0.4 is 0 Å². The van der Waals surface area contributed by atoms with E-state index in [0.29, 0.717) is 61.5 Å². The molecule has 15 rings (SSSR count). The van der Waals surface area contributed by atoms with Crippen molar-refractivity contribution in [2.75, 3.05) is 0 Å². The lowest BCUT2D eigenvalue weighted by molar-refractivity contribution is -0.137. The van der Waals surface area contributed by atoms with Crippen molar-refractivity contribution in [1.82, 2.24) is 24.1 Å². The van der Waals surface area contributed by atoms with Gasteiger partial charge in [-0.05, 0) is 84.4 Å². The van der Waals surface area contributed by atoms with Crippen molar-refractivity contribution in [3.05, 3.63) is 223 Å². The fourth-order valence-corrected chi connectivity index (χ4v) is 11.3. The molecule has 0 saturated heterocycles. The molecular formula is C65H35F3N6O2. The molecule has 0 aliphatic rings. The second-order valence-electron chi connectivity index (χ2n) is 18.9. The zero-order valence-electron chi connectivity index (χ0n) is 39.8. The summed E-state index contributed by atoms with van der Waals surface area (Å²) in [5.41, 5.74) is 9.68. The first-order valence-electron chi connectivity index (χ1n) is 24.6. The third-order valence-corrected chi connectivity index (χ3v) is 14.7. The Hall–Kier alpha value is -10.3. The number of nitriles is 1. The monoisotopic (exact) mass is 988 g/mol. The average molecular weight is 989 g/mol. The van der Waals surface area contributed by atoms with Gasteiger partial charge in [0.25, 0.3) is 0 Å². The quantitative estimate of drug-likeness (QED) is 0.165. The highest BCUT2D eigenvalue weighted by Gasteiger charge is 2.36. The van der Waals surface area contributed by atoms with Crippen LogP contribution in [-0.4, -0.2) is 24.1 Å². The highest BCUT2D eigenvalue weighted by Crippen LogP contribution is 2.46. The standard InChI is InChI=1S/C65H35F3N6O2/c66-65(67,68)49-31-27-41(35-55(49)74-51-19-9-5-17-48(51)59-53(74)33-30-46-44-15-7-11-21-57(44)76-61(46)59)64-71-62(39-12-2-1-3-13-39)70-63(72-64)40-26-28-42(38-24-22-37(36-69)23-25-38)54(34-40)73-50-18-8-4-16-47(50)58-52(73)32-29-45-43-14-6-10-20-56(43)75-60(45)58/h1-35H. The molecule has 0 amide bonds. The number of hydrogen-bond acceptors (Lipinski definition) is 6. The van der Waals surface area contributed by atoms with E-state index >= 15 is 13.2 Å². The Morgan fingerprint density at radius 2 is 0.855 bits per heavy atom. The van der Waals surface area contributed by atoms with Gasteiger partial charge in [-0.2, -0.15) is 18.4 Å². The lowest BCUT2D eigenvalue weighted by Crippen LogP contribution is -2.11. The van der Waals surface area contributed by atoms with Crippen LogP contribution in [0, 0.1) is 11.3 Å². The molecule has 0 spiro atoms. The molecule has 5 heterocycles. The first kappa shape index (κ1) is 43.3. The molecule has 15 aromatic rings. The second-order valence-corrected chi connectivity index (χ2v) is 18.9. The number of hydrogen-bond donors (Lipinski definition) is 0. The third kappa shape index (κ3) is 6.54. The molecule has 10 aromatic carbocycles. The SMILES string of the molecule is N#Cc1ccc(-c2ccc(-c3nc(-c4ccccc4)nc(-c4ccc(C(F)(F)F)c(-n5c6ccccc6c6c7oc8ccccc8c7ccc65)c4)n3)cc2-n2c3ccccc3c3c4oc5ccccc5c4ccc32)cc1. The van der Waals surface area contributed by atoms with E-state index in [2.05, 4.69) is 41.0 Å². The predicted molar refractivity (Wildman–Crippen MR) is 295 cm³/mol. The van der Waals surface area contributed by atoms with Crippen LogP contribution in [0.3, 0.4) is 0 Å². The first-order valence-corrected chi connectivity index (χ1v) is 24.6. The van der Waals surface area contributed by atoms with Gasteiger partial charge in [0.2, 0.25) is 0 Å². The van der Waals surface area contributed by atoms with Crippen molar-refractivity contribution in [2.24, 2.45) is 0 Å². The number of benzene rings is 10. The zero-order valence-corrected chi connectivity index (χ0v) is 39.8. The summed E-state index contributed by atoms with van der Waals surface area (Å²) < 4.78 is 63.6. The van der Waals surface area contributed by atoms with E-state index in [1.165, 1.54) is 12.1 Å². The van der Waals surface area contributed by atoms with E-state index in [0.717, 1.165) is 82.8 Å². The largest absolute Gasteiger partial charge is 0.455 e. The molecule has 0 aliphatic heterocycles. The maximum atomic E-state index is 15.5. The lowest BCUT2D eigenvalue weighted by atomic mass is 9.99. The molecule has 358 valence electrons. The Kier molecular flexibility index (Phi) is 9.31. The average Bonchev–Trinajstić information content (AvgIpc) is 4.23. The summed E-state index contributed by atoms with van der Waals surface area (Å²) in [6, 6.07) is 68.8. The molecule has 0 N–H and O–H groups in total. The third-order valence-electron chi connectivity index (χ3n) is 14.7. The van der Waals surface area contributed by atoms with E-state index in [1.54, 1.807) is 16.7 Å². The van der Waals surface area contributed by atoms with Gasteiger partial charge >= 0.3 is 6.18 Å². The number of furan rings is 2. The molecule has 0 radical (unpaired) electrons. The normalized spacial score (nSPS) is 12.1. The second kappa shape index (κ2) is 16.3. The molecule has 5 aromatic heterocycles. The van der Waals surface area contributed by atoms with Crippen LogP contribution in [0.2, 0.25) is 0 Å². The summed E-state index contributed by atoms with van der Waals surface area (Å²) in [5.74, 6) is 0.830. The van der Waals surface area contributed by atoms with Gasteiger partial charge in [0.05, 0.1) is 61.4 Å². The van der Waals surface area contributed by atoms with Crippen molar-refractivity contribution >= 4 is 87.5 Å². The van der Waals surface area contributed by atoms with Crippen molar-refractivity contribution in [2.45, 2.75) is 6.18 Å². The smallest absolute Gasteiger partial charge is 0.418 e. The van der Waals surface area contributed by atoms with Crippen molar-refractivity contribution in [3.8, 4) is 62.7 Å². The molecule has 0 bridgehead atoms. The summed E-state index contributed by atoms with van der Waals surface area (Å²) in [6.07, 6.45) is -4.73. The van der Waals surface area contributed by atoms with Crippen molar-refractivity contribution < 1.29 is 22.0 Å². The number of para-hydroxylation sites is 4. The summed E-state index contributed by atoms with van der Waals surface area (Å²) in [7, 11) is 0. The van der Waals surface area contributed by atoms with Crippen LogP contribution in [0.15, 0.2) is 221 Å². The maximum Gasteiger partial charge on any atom is 0.418 e. The van der Waals surface area contributed by atoms with Crippen LogP contribution in [0.5, 0.6) is 0 Å². The molecule has 0 saturated carbocycles. The van der Waals surface area contributed by atoms with E-state index in [4.69, 9.17) is 23.8 Å². The minimum atomic E-state index is -4.73. The van der Waals surface area contributed by atoms with Crippen molar-refractivity contribution in [1.29, 1.82) is 5.26 Å². The molecule has 76 heavy (non-hydrogen) atoms. The Bertz CT molecular complexity index is 4940. The number of alkyl halides is 3.